The highest BCUT2D eigenvalue weighted by Crippen LogP contribution is 2.19. The number of rotatable bonds is 4. The Kier molecular flexibility index (Phi) is 4.96. The first-order valence-corrected chi connectivity index (χ1v) is 8.47. The number of aliphatic hydroxyl groups is 1. The minimum absolute atomic E-state index is 0.0600. The van der Waals surface area contributed by atoms with Crippen molar-refractivity contribution in [1.29, 1.82) is 0 Å². The summed E-state index contributed by atoms with van der Waals surface area (Å²) in [4.78, 5) is 25.8. The van der Waals surface area contributed by atoms with E-state index in [-0.39, 0.29) is 24.0 Å². The Hall–Kier alpha value is -1.88. The molecular weight excluding hydrogens is 292 g/mol. The molecule has 5 nitrogen and oxygen atoms in total. The van der Waals surface area contributed by atoms with Gasteiger partial charge in [0.05, 0.1) is 6.10 Å². The molecule has 124 valence electrons. The molecule has 1 heterocycles. The third kappa shape index (κ3) is 4.10. The molecule has 2 fully saturated rings. The molecule has 2 N–H and O–H groups in total. The molecule has 0 atom stereocenters. The molecule has 23 heavy (non-hydrogen) atoms. The van der Waals surface area contributed by atoms with Crippen molar-refractivity contribution in [3.8, 4) is 0 Å². The average Bonchev–Trinajstić information content (AvgIpc) is 2.95. The van der Waals surface area contributed by atoms with E-state index in [1.54, 1.807) is 0 Å². The number of nitrogens with one attached hydrogen (secondary N) is 1. The maximum absolute atomic E-state index is 12.3. The van der Waals surface area contributed by atoms with Crippen molar-refractivity contribution in [3.05, 3.63) is 35.4 Å². The molecule has 2 amide bonds. The lowest BCUT2D eigenvalue weighted by molar-refractivity contribution is -0.128. The van der Waals surface area contributed by atoms with Gasteiger partial charge in [0.25, 0.3) is 5.91 Å². The molecule has 3 rings (SSSR count). The first kappa shape index (κ1) is 16.0. The Morgan fingerprint density at radius 1 is 1.17 bits per heavy atom. The topological polar surface area (TPSA) is 69.6 Å². The molecule has 1 aliphatic carbocycles. The van der Waals surface area contributed by atoms with E-state index in [0.717, 1.165) is 44.2 Å². The molecule has 1 aliphatic heterocycles. The van der Waals surface area contributed by atoms with Crippen molar-refractivity contribution in [1.82, 2.24) is 10.2 Å². The maximum Gasteiger partial charge on any atom is 0.251 e. The van der Waals surface area contributed by atoms with Gasteiger partial charge in [0, 0.05) is 31.1 Å². The summed E-state index contributed by atoms with van der Waals surface area (Å²) in [5, 5.41) is 12.5. The number of carbonyl (C=O) groups excluding carboxylic acids is 2. The Morgan fingerprint density at radius 2 is 1.87 bits per heavy atom. The van der Waals surface area contributed by atoms with Gasteiger partial charge in [-0.3, -0.25) is 9.59 Å². The van der Waals surface area contributed by atoms with E-state index in [0.29, 0.717) is 18.5 Å². The van der Waals surface area contributed by atoms with Gasteiger partial charge in [-0.25, -0.2) is 0 Å². The highest BCUT2D eigenvalue weighted by molar-refractivity contribution is 5.94. The zero-order valence-electron chi connectivity index (χ0n) is 13.3. The SMILES string of the molecule is O=C(NC1CCC(O)CC1)c1ccc(CN2CCCC2=O)cc1. The van der Waals surface area contributed by atoms with Gasteiger partial charge >= 0.3 is 0 Å². The van der Waals surface area contributed by atoms with Crippen LogP contribution in [0.5, 0.6) is 0 Å². The number of nitrogens with zero attached hydrogens (tertiary/aromatic N) is 1. The van der Waals surface area contributed by atoms with Gasteiger partial charge in [-0.15, -0.1) is 0 Å². The third-order valence-electron chi connectivity index (χ3n) is 4.79. The van der Waals surface area contributed by atoms with Crippen LogP contribution in [0.1, 0.15) is 54.4 Å². The number of hydrogen-bond donors (Lipinski definition) is 2. The summed E-state index contributed by atoms with van der Waals surface area (Å²) in [6.45, 7) is 1.45. The minimum atomic E-state index is -0.212. The van der Waals surface area contributed by atoms with Gasteiger partial charge in [0.15, 0.2) is 0 Å². The molecule has 0 unspecified atom stereocenters. The molecule has 1 aromatic carbocycles. The van der Waals surface area contributed by atoms with Crippen molar-refractivity contribution >= 4 is 11.8 Å². The van der Waals surface area contributed by atoms with Crippen molar-refractivity contribution in [2.24, 2.45) is 0 Å². The molecule has 0 radical (unpaired) electrons. The Balaban J connectivity index is 1.54. The third-order valence-corrected chi connectivity index (χ3v) is 4.79. The van der Waals surface area contributed by atoms with Gasteiger partial charge in [0.2, 0.25) is 5.91 Å². The molecule has 0 spiro atoms. The smallest absolute Gasteiger partial charge is 0.251 e. The fraction of sp³-hybridized carbons (Fsp3) is 0.556. The fourth-order valence-electron chi connectivity index (χ4n) is 3.34. The zero-order chi connectivity index (χ0) is 16.2. The first-order valence-electron chi connectivity index (χ1n) is 8.47. The lowest BCUT2D eigenvalue weighted by Crippen LogP contribution is -2.38. The molecule has 2 aliphatic rings. The van der Waals surface area contributed by atoms with Crippen LogP contribution in [0.15, 0.2) is 24.3 Å². The van der Waals surface area contributed by atoms with Gasteiger partial charge in [-0.05, 0) is 49.8 Å². The molecule has 0 bridgehead atoms. The van der Waals surface area contributed by atoms with Gasteiger partial charge in [-0.2, -0.15) is 0 Å². The number of hydrogen-bond acceptors (Lipinski definition) is 3. The minimum Gasteiger partial charge on any atom is -0.393 e. The Morgan fingerprint density at radius 3 is 2.48 bits per heavy atom. The summed E-state index contributed by atoms with van der Waals surface area (Å²) < 4.78 is 0. The lowest BCUT2D eigenvalue weighted by atomic mass is 9.93. The molecule has 5 heteroatoms. The molecule has 1 saturated heterocycles. The standard InChI is InChI=1S/C18H24N2O3/c21-16-9-7-15(8-10-16)19-18(23)14-5-3-13(4-6-14)12-20-11-1-2-17(20)22/h3-6,15-16,21H,1-2,7-12H2,(H,19,23). The van der Waals surface area contributed by atoms with Crippen LogP contribution in [0.25, 0.3) is 0 Å². The number of carbonyl (C=O) groups is 2. The number of likely N-dealkylation sites (tertiary alicyclic amines) is 1. The van der Waals surface area contributed by atoms with Gasteiger partial charge in [0.1, 0.15) is 0 Å². The quantitative estimate of drug-likeness (QED) is 0.890. The first-order chi connectivity index (χ1) is 11.1. The Labute approximate surface area is 136 Å². The van der Waals surface area contributed by atoms with E-state index in [9.17, 15) is 14.7 Å². The average molecular weight is 316 g/mol. The van der Waals surface area contributed by atoms with Crippen molar-refractivity contribution in [2.75, 3.05) is 6.54 Å². The van der Waals surface area contributed by atoms with Crippen LogP contribution in [0, 0.1) is 0 Å². The largest absolute Gasteiger partial charge is 0.393 e. The van der Waals surface area contributed by atoms with Crippen LogP contribution in [0.3, 0.4) is 0 Å². The van der Waals surface area contributed by atoms with Crippen molar-refractivity contribution in [2.45, 2.75) is 57.2 Å². The fourth-order valence-corrected chi connectivity index (χ4v) is 3.34. The van der Waals surface area contributed by atoms with E-state index in [1.165, 1.54) is 0 Å². The summed E-state index contributed by atoms with van der Waals surface area (Å²) in [6.07, 6.45) is 4.56. The number of benzene rings is 1. The van der Waals surface area contributed by atoms with Gasteiger partial charge < -0.3 is 15.3 Å². The van der Waals surface area contributed by atoms with E-state index in [1.807, 2.05) is 29.2 Å². The molecule has 1 saturated carbocycles. The van der Waals surface area contributed by atoms with Crippen LogP contribution in [0.2, 0.25) is 0 Å². The van der Waals surface area contributed by atoms with Gasteiger partial charge in [-0.1, -0.05) is 12.1 Å². The van der Waals surface area contributed by atoms with Crippen LogP contribution in [0.4, 0.5) is 0 Å². The highest BCUT2D eigenvalue weighted by atomic mass is 16.3. The second-order valence-corrected chi connectivity index (χ2v) is 6.59. The van der Waals surface area contributed by atoms with Crippen molar-refractivity contribution in [3.63, 3.8) is 0 Å². The highest BCUT2D eigenvalue weighted by Gasteiger charge is 2.22. The van der Waals surface area contributed by atoms with Crippen LogP contribution < -0.4 is 5.32 Å². The summed E-state index contributed by atoms with van der Waals surface area (Å²) in [5.41, 5.74) is 1.70. The second-order valence-electron chi connectivity index (χ2n) is 6.59. The normalized spacial score (nSPS) is 24.7. The number of amides is 2. The lowest BCUT2D eigenvalue weighted by Gasteiger charge is -2.26. The molecular formula is C18H24N2O3. The maximum atomic E-state index is 12.3. The Bertz CT molecular complexity index is 562. The van der Waals surface area contributed by atoms with Crippen LogP contribution in [-0.4, -0.2) is 40.5 Å². The van der Waals surface area contributed by atoms with E-state index < -0.39 is 0 Å². The molecule has 1 aromatic rings. The predicted molar refractivity (Wildman–Crippen MR) is 86.8 cm³/mol. The summed E-state index contributed by atoms with van der Waals surface area (Å²) in [6, 6.07) is 7.65. The summed E-state index contributed by atoms with van der Waals surface area (Å²) in [7, 11) is 0. The van der Waals surface area contributed by atoms with E-state index >= 15 is 0 Å². The van der Waals surface area contributed by atoms with Crippen LogP contribution in [-0.2, 0) is 11.3 Å². The monoisotopic (exact) mass is 316 g/mol. The molecule has 0 aromatic heterocycles. The summed E-state index contributed by atoms with van der Waals surface area (Å²) in [5.74, 6) is 0.154. The van der Waals surface area contributed by atoms with Crippen molar-refractivity contribution < 1.29 is 14.7 Å². The van der Waals surface area contributed by atoms with E-state index in [2.05, 4.69) is 5.32 Å². The summed E-state index contributed by atoms with van der Waals surface area (Å²) >= 11 is 0. The number of aliphatic hydroxyl groups excluding tert-OH is 1. The zero-order valence-corrected chi connectivity index (χ0v) is 13.3. The van der Waals surface area contributed by atoms with Crippen LogP contribution >= 0.6 is 0 Å². The predicted octanol–water partition coefficient (Wildman–Crippen LogP) is 1.84. The van der Waals surface area contributed by atoms with E-state index in [4.69, 9.17) is 0 Å². The second kappa shape index (κ2) is 7.13.